The number of carbonyl (C=O) groups excluding carboxylic acids is 4. The fourth-order valence-electron chi connectivity index (χ4n) is 8.68. The second kappa shape index (κ2) is 16.3. The van der Waals surface area contributed by atoms with Gasteiger partial charge in [-0.25, -0.2) is 13.4 Å². The highest BCUT2D eigenvalue weighted by Crippen LogP contribution is 2.47. The fourth-order valence-corrected chi connectivity index (χ4v) is 10.4. The molecular weight excluding hydrogens is 824 g/mol. The second-order valence-corrected chi connectivity index (χ2v) is 20.1. The van der Waals surface area contributed by atoms with Gasteiger partial charge in [0.25, 0.3) is 5.91 Å². The SMILES string of the molecule is C=C[C@@H]1C[C@]1(NC(=O)[C@@H]1C[C@@H](Oc2cc(-c3ccccc3)nc3c2oc2ccc(OC)c(Cl)c23)CN1C(=O)[C@@H](CC(=O)OC1CCCC1)C(C)(C)C)C(=O)NS(=O)(=O)C1CC1. The van der Waals surface area contributed by atoms with Gasteiger partial charge in [0.2, 0.25) is 21.8 Å². The Hall–Kier alpha value is -5.15. The smallest absolute Gasteiger partial charge is 0.306 e. The maximum Gasteiger partial charge on any atom is 0.306 e. The minimum atomic E-state index is -3.93. The van der Waals surface area contributed by atoms with E-state index in [4.69, 9.17) is 35.2 Å². The molecule has 14 nitrogen and oxygen atoms in total. The van der Waals surface area contributed by atoms with E-state index in [1.165, 1.54) is 18.1 Å². The van der Waals surface area contributed by atoms with Crippen molar-refractivity contribution in [2.45, 2.75) is 108 Å². The number of fused-ring (bicyclic) bond motifs is 3. The number of hydrogen-bond acceptors (Lipinski definition) is 11. The van der Waals surface area contributed by atoms with Crippen LogP contribution in [0.2, 0.25) is 5.02 Å². The molecule has 0 spiro atoms. The summed E-state index contributed by atoms with van der Waals surface area (Å²) in [6.07, 6.45) is 4.80. The Morgan fingerprint density at radius 3 is 2.41 bits per heavy atom. The average Bonchev–Trinajstić information content (AvgIpc) is 4.04. The van der Waals surface area contributed by atoms with Crippen LogP contribution in [0, 0.1) is 17.3 Å². The molecular formula is C45H51ClN4O10S. The number of halogens is 1. The molecule has 2 N–H and O–H groups in total. The third kappa shape index (κ3) is 8.42. The number of sulfonamides is 1. The molecule has 3 amide bonds. The van der Waals surface area contributed by atoms with Crippen LogP contribution in [0.15, 0.2) is 65.6 Å². The van der Waals surface area contributed by atoms with E-state index in [1.54, 1.807) is 18.2 Å². The van der Waals surface area contributed by atoms with E-state index in [0.29, 0.717) is 45.8 Å². The van der Waals surface area contributed by atoms with Crippen LogP contribution in [0.25, 0.3) is 33.3 Å². The Labute approximate surface area is 359 Å². The van der Waals surface area contributed by atoms with Crippen LogP contribution in [-0.2, 0) is 33.9 Å². The van der Waals surface area contributed by atoms with Gasteiger partial charge in [0, 0.05) is 24.0 Å². The van der Waals surface area contributed by atoms with E-state index in [1.807, 2.05) is 51.1 Å². The number of ether oxygens (including phenoxy) is 3. The topological polar surface area (TPSA) is 183 Å². The summed E-state index contributed by atoms with van der Waals surface area (Å²) in [6, 6.07) is 13.4. The summed E-state index contributed by atoms with van der Waals surface area (Å²) >= 11 is 6.84. The first-order valence-electron chi connectivity index (χ1n) is 20.9. The third-order valence-corrected chi connectivity index (χ3v) is 14.6. The number of benzene rings is 2. The monoisotopic (exact) mass is 874 g/mol. The number of carbonyl (C=O) groups is 4. The van der Waals surface area contributed by atoms with E-state index in [0.717, 1.165) is 31.2 Å². The molecule has 5 atom stereocenters. The Morgan fingerprint density at radius 1 is 1.05 bits per heavy atom. The standard InChI is InChI=1S/C45H51ClN4O10S/c1-6-26-23-45(26,43(54)49-61(55,56)29-16-17-29)48-41(52)32-20-28(24-50(32)42(53)30(44(2,3)4)21-36(51)59-27-14-10-11-15-27)58-35-22-31(25-12-8-7-9-13-25)47-39-37-33(60-40(35)39)18-19-34(57-5)38(37)46/h6-9,12-13,18-19,22,26-30,32H,1,10-11,14-17,20-21,23-24H2,2-5H3,(H,48,52)(H,49,54)/t26-,28-,30-,32+,45-/m1/s1. The number of nitrogens with one attached hydrogen (secondary N) is 2. The van der Waals surface area contributed by atoms with Crippen LogP contribution in [-0.4, -0.2) is 84.7 Å². The van der Waals surface area contributed by atoms with Crippen molar-refractivity contribution >= 4 is 67.4 Å². The van der Waals surface area contributed by atoms with Crippen molar-refractivity contribution in [2.24, 2.45) is 17.3 Å². The van der Waals surface area contributed by atoms with Gasteiger partial charge >= 0.3 is 5.97 Å². The van der Waals surface area contributed by atoms with Crippen LogP contribution in [0.5, 0.6) is 11.5 Å². The van der Waals surface area contributed by atoms with Crippen molar-refractivity contribution in [3.05, 3.63) is 66.2 Å². The number of nitrogens with zero attached hydrogens (tertiary/aromatic N) is 2. The highest BCUT2D eigenvalue weighted by molar-refractivity contribution is 7.91. The van der Waals surface area contributed by atoms with E-state index in [-0.39, 0.29) is 43.2 Å². The minimum Gasteiger partial charge on any atom is -0.495 e. The Kier molecular flexibility index (Phi) is 11.4. The lowest BCUT2D eigenvalue weighted by Crippen LogP contribution is -2.57. The van der Waals surface area contributed by atoms with Gasteiger partial charge < -0.3 is 28.8 Å². The first-order valence-corrected chi connectivity index (χ1v) is 22.8. The number of methoxy groups -OCH3 is 1. The lowest BCUT2D eigenvalue weighted by molar-refractivity contribution is -0.156. The van der Waals surface area contributed by atoms with E-state index in [2.05, 4.69) is 16.6 Å². The summed E-state index contributed by atoms with van der Waals surface area (Å²) in [4.78, 5) is 62.9. The molecule has 61 heavy (non-hydrogen) atoms. The zero-order valence-corrected chi connectivity index (χ0v) is 36.3. The largest absolute Gasteiger partial charge is 0.495 e. The van der Waals surface area contributed by atoms with E-state index in [9.17, 15) is 27.6 Å². The van der Waals surface area contributed by atoms with Crippen LogP contribution in [0.3, 0.4) is 0 Å². The van der Waals surface area contributed by atoms with E-state index >= 15 is 0 Å². The van der Waals surface area contributed by atoms with Gasteiger partial charge in [-0.05, 0) is 62.5 Å². The summed E-state index contributed by atoms with van der Waals surface area (Å²) in [6.45, 7) is 9.32. The zero-order valence-electron chi connectivity index (χ0n) is 34.7. The molecule has 0 unspecified atom stereocenters. The van der Waals surface area contributed by atoms with Gasteiger partial charge in [0.15, 0.2) is 11.3 Å². The van der Waals surface area contributed by atoms with Crippen molar-refractivity contribution in [1.29, 1.82) is 0 Å². The number of rotatable bonds is 14. The van der Waals surface area contributed by atoms with Crippen LogP contribution in [0.4, 0.5) is 0 Å². The van der Waals surface area contributed by atoms with Gasteiger partial charge in [0.1, 0.15) is 40.6 Å². The minimum absolute atomic E-state index is 0.0168. The van der Waals surface area contributed by atoms with E-state index < -0.39 is 73.9 Å². The quantitative estimate of drug-likeness (QED) is 0.0997. The number of aromatic nitrogens is 1. The van der Waals surface area contributed by atoms with Crippen molar-refractivity contribution in [1.82, 2.24) is 19.9 Å². The fraction of sp³-hybridized carbons (Fsp3) is 0.489. The van der Waals surface area contributed by atoms with Gasteiger partial charge in [-0.15, -0.1) is 6.58 Å². The lowest BCUT2D eigenvalue weighted by Gasteiger charge is -2.35. The highest BCUT2D eigenvalue weighted by atomic mass is 35.5. The molecule has 0 radical (unpaired) electrons. The molecule has 0 bridgehead atoms. The summed E-state index contributed by atoms with van der Waals surface area (Å²) in [5.74, 6) is -3.18. The van der Waals surface area contributed by atoms with Crippen LogP contribution >= 0.6 is 11.6 Å². The molecule has 8 rings (SSSR count). The predicted octanol–water partition coefficient (Wildman–Crippen LogP) is 6.87. The van der Waals surface area contributed by atoms with Crippen molar-refractivity contribution in [2.75, 3.05) is 13.7 Å². The molecule has 4 fully saturated rings. The Morgan fingerprint density at radius 2 is 1.77 bits per heavy atom. The summed E-state index contributed by atoms with van der Waals surface area (Å²) in [5.41, 5.74) is 0.171. The molecule has 1 aliphatic heterocycles. The molecule has 1 saturated heterocycles. The van der Waals surface area contributed by atoms with Crippen molar-refractivity contribution in [3.8, 4) is 22.8 Å². The van der Waals surface area contributed by atoms with Gasteiger partial charge in [-0.1, -0.05) is 68.8 Å². The molecule has 2 aromatic carbocycles. The molecule has 3 saturated carbocycles. The average molecular weight is 875 g/mol. The molecule has 324 valence electrons. The Balaban J connectivity index is 1.15. The number of hydrogen-bond donors (Lipinski definition) is 2. The van der Waals surface area contributed by atoms with Gasteiger partial charge in [0.05, 0.1) is 47.3 Å². The number of furan rings is 1. The Bertz CT molecular complexity index is 2510. The first kappa shape index (κ1) is 42.5. The molecule has 3 aliphatic carbocycles. The number of amides is 3. The third-order valence-electron chi connectivity index (χ3n) is 12.5. The van der Waals surface area contributed by atoms with Crippen LogP contribution in [0.1, 0.15) is 78.6 Å². The molecule has 16 heteroatoms. The summed E-state index contributed by atoms with van der Waals surface area (Å²) < 4.78 is 52.3. The lowest BCUT2D eigenvalue weighted by atomic mass is 9.77. The second-order valence-electron chi connectivity index (χ2n) is 17.8. The predicted molar refractivity (Wildman–Crippen MR) is 228 cm³/mol. The molecule has 4 aliphatic rings. The maximum atomic E-state index is 14.9. The van der Waals surface area contributed by atoms with Gasteiger partial charge in [-0.3, -0.25) is 23.9 Å². The summed E-state index contributed by atoms with van der Waals surface area (Å²) in [5, 5.41) is 3.00. The van der Waals surface area contributed by atoms with Crippen molar-refractivity contribution < 1.29 is 46.2 Å². The summed E-state index contributed by atoms with van der Waals surface area (Å²) in [7, 11) is -2.42. The number of likely N-dealkylation sites (tertiary alicyclic amines) is 1. The normalized spacial score (nSPS) is 23.4. The zero-order chi connectivity index (χ0) is 43.4. The van der Waals surface area contributed by atoms with Crippen LogP contribution < -0.4 is 19.5 Å². The maximum absolute atomic E-state index is 14.9. The number of esters is 1. The van der Waals surface area contributed by atoms with Crippen molar-refractivity contribution in [3.63, 3.8) is 0 Å². The molecule has 3 heterocycles. The molecule has 4 aromatic rings. The first-order chi connectivity index (χ1) is 29.0. The highest BCUT2D eigenvalue weighted by Gasteiger charge is 2.62. The molecule has 2 aromatic heterocycles. The number of pyridine rings is 1. The van der Waals surface area contributed by atoms with Gasteiger partial charge in [-0.2, -0.15) is 0 Å².